The molecule has 0 aromatic heterocycles. The predicted molar refractivity (Wildman–Crippen MR) is 104 cm³/mol. The van der Waals surface area contributed by atoms with E-state index in [4.69, 9.17) is 4.74 Å². The van der Waals surface area contributed by atoms with E-state index in [0.29, 0.717) is 25.3 Å². The minimum Gasteiger partial charge on any atom is -0.373 e. The molecule has 1 aromatic carbocycles. The van der Waals surface area contributed by atoms with Gasteiger partial charge >= 0.3 is 0 Å². The molecule has 0 bridgehead atoms. The summed E-state index contributed by atoms with van der Waals surface area (Å²) in [5, 5.41) is 2.85. The number of anilines is 1. The average Bonchev–Trinajstić information content (AvgIpc) is 2.62. The zero-order valence-corrected chi connectivity index (χ0v) is 16.9. The molecule has 2 heterocycles. The van der Waals surface area contributed by atoms with Gasteiger partial charge < -0.3 is 10.1 Å². The maximum absolute atomic E-state index is 12.7. The van der Waals surface area contributed by atoms with E-state index < -0.39 is 10.0 Å². The average molecular weight is 396 g/mol. The van der Waals surface area contributed by atoms with Gasteiger partial charge in [0.25, 0.3) is 0 Å². The van der Waals surface area contributed by atoms with Crippen molar-refractivity contribution in [3.63, 3.8) is 0 Å². The van der Waals surface area contributed by atoms with Gasteiger partial charge in [0.1, 0.15) is 0 Å². The second-order valence-electron chi connectivity index (χ2n) is 7.49. The fourth-order valence-corrected chi connectivity index (χ4v) is 5.30. The highest BCUT2D eigenvalue weighted by Gasteiger charge is 2.26. The highest BCUT2D eigenvalue weighted by molar-refractivity contribution is 7.89. The van der Waals surface area contributed by atoms with Crippen LogP contribution in [0, 0.1) is 0 Å². The van der Waals surface area contributed by atoms with Gasteiger partial charge in [0.15, 0.2) is 0 Å². The number of piperidine rings is 1. The van der Waals surface area contributed by atoms with Gasteiger partial charge in [-0.3, -0.25) is 9.69 Å². The molecule has 27 heavy (non-hydrogen) atoms. The van der Waals surface area contributed by atoms with Crippen LogP contribution in [0.15, 0.2) is 29.2 Å². The zero-order chi connectivity index (χ0) is 19.4. The van der Waals surface area contributed by atoms with Gasteiger partial charge in [0.2, 0.25) is 15.9 Å². The molecule has 8 heteroatoms. The lowest BCUT2D eigenvalue weighted by atomic mass is 10.2. The number of rotatable bonds is 5. The SMILES string of the molecule is CC1CN(CC(=O)Nc2ccc(S(=O)(=O)N3CCCCC3)cc2)CC(C)O1. The number of carbonyl (C=O) groups is 1. The Hall–Kier alpha value is -1.48. The lowest BCUT2D eigenvalue weighted by Gasteiger charge is -2.34. The Morgan fingerprint density at radius 3 is 2.26 bits per heavy atom. The van der Waals surface area contributed by atoms with Crippen LogP contribution < -0.4 is 5.32 Å². The number of ether oxygens (including phenoxy) is 1. The number of nitrogens with one attached hydrogen (secondary N) is 1. The molecule has 2 fully saturated rings. The van der Waals surface area contributed by atoms with E-state index in [1.165, 1.54) is 0 Å². The van der Waals surface area contributed by atoms with Crippen molar-refractivity contribution in [1.82, 2.24) is 9.21 Å². The predicted octanol–water partition coefficient (Wildman–Crippen LogP) is 1.91. The van der Waals surface area contributed by atoms with Crippen LogP contribution in [-0.2, 0) is 19.6 Å². The van der Waals surface area contributed by atoms with Crippen LogP contribution in [-0.4, -0.2) is 68.5 Å². The quantitative estimate of drug-likeness (QED) is 0.824. The fraction of sp³-hybridized carbons (Fsp3) is 0.632. The van der Waals surface area contributed by atoms with Gasteiger partial charge in [0.05, 0.1) is 23.6 Å². The first-order valence-electron chi connectivity index (χ1n) is 9.62. The first-order chi connectivity index (χ1) is 12.8. The van der Waals surface area contributed by atoms with Crippen molar-refractivity contribution in [3.8, 4) is 0 Å². The fourth-order valence-electron chi connectivity index (χ4n) is 3.78. The first kappa shape index (κ1) is 20.3. The van der Waals surface area contributed by atoms with Crippen molar-refractivity contribution in [3.05, 3.63) is 24.3 Å². The molecule has 0 saturated carbocycles. The van der Waals surface area contributed by atoms with Crippen molar-refractivity contribution in [1.29, 1.82) is 0 Å². The molecule has 0 spiro atoms. The number of benzene rings is 1. The van der Waals surface area contributed by atoms with Crippen LogP contribution in [0.4, 0.5) is 5.69 Å². The van der Waals surface area contributed by atoms with E-state index in [1.54, 1.807) is 28.6 Å². The summed E-state index contributed by atoms with van der Waals surface area (Å²) in [6.07, 6.45) is 3.12. The molecule has 150 valence electrons. The molecule has 0 aliphatic carbocycles. The molecular weight excluding hydrogens is 366 g/mol. The largest absolute Gasteiger partial charge is 0.373 e. The molecule has 0 radical (unpaired) electrons. The number of hydrogen-bond acceptors (Lipinski definition) is 5. The van der Waals surface area contributed by atoms with Crippen molar-refractivity contribution in [2.75, 3.05) is 38.0 Å². The Bertz CT molecular complexity index is 735. The second kappa shape index (κ2) is 8.68. The number of sulfonamides is 1. The summed E-state index contributed by atoms with van der Waals surface area (Å²) in [4.78, 5) is 14.7. The Labute approximate surface area is 161 Å². The van der Waals surface area contributed by atoms with Crippen molar-refractivity contribution < 1.29 is 17.9 Å². The molecule has 2 atom stereocenters. The Morgan fingerprint density at radius 2 is 1.67 bits per heavy atom. The van der Waals surface area contributed by atoms with E-state index in [1.807, 2.05) is 13.8 Å². The third-order valence-corrected chi connectivity index (χ3v) is 6.87. The lowest BCUT2D eigenvalue weighted by molar-refractivity contribution is -0.121. The summed E-state index contributed by atoms with van der Waals surface area (Å²) in [7, 11) is -3.44. The van der Waals surface area contributed by atoms with Crippen LogP contribution in [0.1, 0.15) is 33.1 Å². The van der Waals surface area contributed by atoms with Crippen molar-refractivity contribution in [2.45, 2.75) is 50.2 Å². The smallest absolute Gasteiger partial charge is 0.243 e. The molecule has 2 aliphatic rings. The Balaban J connectivity index is 1.58. The third-order valence-electron chi connectivity index (χ3n) is 4.95. The Morgan fingerprint density at radius 1 is 1.07 bits per heavy atom. The summed E-state index contributed by atoms with van der Waals surface area (Å²) < 4.78 is 32.6. The molecular formula is C19H29N3O4S. The second-order valence-corrected chi connectivity index (χ2v) is 9.43. The summed E-state index contributed by atoms with van der Waals surface area (Å²) in [5.74, 6) is -0.108. The maximum atomic E-state index is 12.7. The highest BCUT2D eigenvalue weighted by Crippen LogP contribution is 2.22. The van der Waals surface area contributed by atoms with E-state index in [-0.39, 0.29) is 23.0 Å². The molecule has 1 N–H and O–H groups in total. The molecule has 2 unspecified atom stereocenters. The van der Waals surface area contributed by atoms with Crippen LogP contribution in [0.25, 0.3) is 0 Å². The third kappa shape index (κ3) is 5.28. The monoisotopic (exact) mass is 395 g/mol. The number of amides is 1. The van der Waals surface area contributed by atoms with Crippen LogP contribution in [0.5, 0.6) is 0 Å². The number of carbonyl (C=O) groups excluding carboxylic acids is 1. The maximum Gasteiger partial charge on any atom is 0.243 e. The summed E-state index contributed by atoms with van der Waals surface area (Å²) in [6, 6.07) is 6.44. The molecule has 1 amide bonds. The zero-order valence-electron chi connectivity index (χ0n) is 16.1. The van der Waals surface area contributed by atoms with Crippen molar-refractivity contribution >= 4 is 21.6 Å². The Kier molecular flexibility index (Phi) is 6.52. The van der Waals surface area contributed by atoms with E-state index in [9.17, 15) is 13.2 Å². The van der Waals surface area contributed by atoms with Gasteiger partial charge in [-0.25, -0.2) is 8.42 Å². The molecule has 2 aliphatic heterocycles. The minimum atomic E-state index is -3.44. The van der Waals surface area contributed by atoms with Gasteiger partial charge in [-0.1, -0.05) is 6.42 Å². The highest BCUT2D eigenvalue weighted by atomic mass is 32.2. The number of morpholine rings is 1. The summed E-state index contributed by atoms with van der Waals surface area (Å²) >= 11 is 0. The van der Waals surface area contributed by atoms with Crippen LogP contribution in [0.3, 0.4) is 0 Å². The summed E-state index contributed by atoms with van der Waals surface area (Å²) in [6.45, 7) is 6.92. The molecule has 7 nitrogen and oxygen atoms in total. The van der Waals surface area contributed by atoms with E-state index in [0.717, 1.165) is 32.4 Å². The molecule has 3 rings (SSSR count). The first-order valence-corrected chi connectivity index (χ1v) is 11.1. The molecule has 2 saturated heterocycles. The molecule has 1 aromatic rings. The van der Waals surface area contributed by atoms with Gasteiger partial charge in [-0.2, -0.15) is 4.31 Å². The topological polar surface area (TPSA) is 79.0 Å². The normalized spacial score (nSPS) is 25.3. The minimum absolute atomic E-state index is 0.108. The number of hydrogen-bond donors (Lipinski definition) is 1. The van der Waals surface area contributed by atoms with Gasteiger partial charge in [0, 0.05) is 31.9 Å². The van der Waals surface area contributed by atoms with Crippen molar-refractivity contribution in [2.24, 2.45) is 0 Å². The lowest BCUT2D eigenvalue weighted by Crippen LogP contribution is -2.48. The summed E-state index contributed by atoms with van der Waals surface area (Å²) in [5.41, 5.74) is 0.604. The van der Waals surface area contributed by atoms with Crippen LogP contribution in [0.2, 0.25) is 0 Å². The van der Waals surface area contributed by atoms with Gasteiger partial charge in [-0.15, -0.1) is 0 Å². The van der Waals surface area contributed by atoms with E-state index in [2.05, 4.69) is 10.2 Å². The van der Waals surface area contributed by atoms with Crippen LogP contribution >= 0.6 is 0 Å². The van der Waals surface area contributed by atoms with E-state index >= 15 is 0 Å². The van der Waals surface area contributed by atoms with Gasteiger partial charge in [-0.05, 0) is 51.0 Å². The number of nitrogens with zero attached hydrogens (tertiary/aromatic N) is 2. The standard InChI is InChI=1S/C19H29N3O4S/c1-15-12-21(13-16(2)26-15)14-19(23)20-17-6-8-18(9-7-17)27(24,25)22-10-4-3-5-11-22/h6-9,15-16H,3-5,10-14H2,1-2H3,(H,20,23).